The van der Waals surface area contributed by atoms with Gasteiger partial charge in [0.25, 0.3) is 0 Å². The molecule has 0 heterocycles. The third-order valence-electron chi connectivity index (χ3n) is 3.37. The van der Waals surface area contributed by atoms with E-state index in [0.717, 1.165) is 8.95 Å². The van der Waals surface area contributed by atoms with Gasteiger partial charge in [0.15, 0.2) is 0 Å². The summed E-state index contributed by atoms with van der Waals surface area (Å²) in [5, 5.41) is 0. The average molecular weight is 640 g/mol. The Morgan fingerprint density at radius 1 is 0.545 bits per heavy atom. The molecule has 4 heteroatoms. The maximum Gasteiger partial charge on any atom is 0.0220 e. The first kappa shape index (κ1) is 16.9. The molecule has 3 rings (SSSR count). The van der Waals surface area contributed by atoms with Crippen molar-refractivity contribution in [3.05, 3.63) is 76.7 Å². The lowest BCUT2D eigenvalue weighted by Gasteiger charge is -2.09. The van der Waals surface area contributed by atoms with Crippen molar-refractivity contribution < 1.29 is 0 Å². The van der Waals surface area contributed by atoms with E-state index < -0.39 is 0 Å². The second kappa shape index (κ2) is 7.32. The van der Waals surface area contributed by atoms with Gasteiger partial charge in [-0.05, 0) is 91.7 Å². The van der Waals surface area contributed by atoms with Crippen LogP contribution >= 0.6 is 77.0 Å². The zero-order valence-corrected chi connectivity index (χ0v) is 18.8. The number of halogens is 4. The average Bonchev–Trinajstić information content (AvgIpc) is 2.48. The molecule has 3 aromatic carbocycles. The molecule has 0 N–H and O–H groups in total. The highest BCUT2D eigenvalue weighted by Gasteiger charge is 2.06. The van der Waals surface area contributed by atoms with Gasteiger partial charge in [-0.2, -0.15) is 0 Å². The fourth-order valence-electron chi connectivity index (χ4n) is 2.28. The zero-order valence-electron chi connectivity index (χ0n) is 11.3. The number of hydrogen-bond acceptors (Lipinski definition) is 0. The highest BCUT2D eigenvalue weighted by Crippen LogP contribution is 2.32. The zero-order chi connectivity index (χ0) is 15.7. The monoisotopic (exact) mass is 638 g/mol. The highest BCUT2D eigenvalue weighted by atomic mass is 127. The Hall–Kier alpha value is 0.0800. The molecule has 3 aromatic rings. The molecular formula is C18H10Br2I2. The molecule has 0 aromatic heterocycles. The van der Waals surface area contributed by atoms with Crippen LogP contribution in [0, 0.1) is 7.14 Å². The van der Waals surface area contributed by atoms with Crippen LogP contribution in [-0.4, -0.2) is 0 Å². The van der Waals surface area contributed by atoms with Gasteiger partial charge in [0.05, 0.1) is 0 Å². The van der Waals surface area contributed by atoms with E-state index in [4.69, 9.17) is 0 Å². The molecule has 0 radical (unpaired) electrons. The molecule has 0 saturated heterocycles. The summed E-state index contributed by atoms with van der Waals surface area (Å²) in [7, 11) is 0. The van der Waals surface area contributed by atoms with Crippen LogP contribution in [0.4, 0.5) is 0 Å². The summed E-state index contributed by atoms with van der Waals surface area (Å²) in [4.78, 5) is 0. The van der Waals surface area contributed by atoms with Crippen LogP contribution in [-0.2, 0) is 0 Å². The van der Waals surface area contributed by atoms with Crippen molar-refractivity contribution in [2.75, 3.05) is 0 Å². The van der Waals surface area contributed by atoms with Crippen LogP contribution in [0.5, 0.6) is 0 Å². The van der Waals surface area contributed by atoms with Gasteiger partial charge in [-0.25, -0.2) is 0 Å². The van der Waals surface area contributed by atoms with E-state index in [2.05, 4.69) is 138 Å². The maximum atomic E-state index is 3.52. The summed E-state index contributed by atoms with van der Waals surface area (Å²) in [6.45, 7) is 0. The van der Waals surface area contributed by atoms with Crippen molar-refractivity contribution in [2.24, 2.45) is 0 Å². The van der Waals surface area contributed by atoms with Crippen molar-refractivity contribution in [1.82, 2.24) is 0 Å². The molecule has 110 valence electrons. The van der Waals surface area contributed by atoms with E-state index in [1.54, 1.807) is 0 Å². The molecule has 0 aliphatic rings. The molecule has 0 nitrogen and oxygen atoms in total. The maximum absolute atomic E-state index is 3.52. The second-order valence-electron chi connectivity index (χ2n) is 4.83. The third kappa shape index (κ3) is 3.76. The minimum Gasteiger partial charge on any atom is -0.0537 e. The molecular weight excluding hydrogens is 630 g/mol. The van der Waals surface area contributed by atoms with E-state index in [0.29, 0.717) is 0 Å². The normalized spacial score (nSPS) is 10.7. The van der Waals surface area contributed by atoms with E-state index in [-0.39, 0.29) is 0 Å². The minimum absolute atomic E-state index is 1.11. The first-order valence-corrected chi connectivity index (χ1v) is 10.3. The first-order chi connectivity index (χ1) is 10.5. The van der Waals surface area contributed by atoms with Gasteiger partial charge >= 0.3 is 0 Å². The predicted octanol–water partition coefficient (Wildman–Crippen LogP) is 7.75. The molecule has 0 amide bonds. The second-order valence-corrected chi connectivity index (χ2v) is 8.98. The smallest absolute Gasteiger partial charge is 0.0220 e. The Labute approximate surface area is 174 Å². The Balaban J connectivity index is 1.99. The molecule has 0 bridgehead atoms. The Morgan fingerprint density at radius 3 is 1.23 bits per heavy atom. The van der Waals surface area contributed by atoms with Crippen molar-refractivity contribution >= 4 is 77.0 Å². The van der Waals surface area contributed by atoms with Gasteiger partial charge in [-0.15, -0.1) is 0 Å². The van der Waals surface area contributed by atoms with Gasteiger partial charge in [0.2, 0.25) is 0 Å². The first-order valence-electron chi connectivity index (χ1n) is 6.55. The molecule has 0 fully saturated rings. The van der Waals surface area contributed by atoms with Gasteiger partial charge < -0.3 is 0 Å². The van der Waals surface area contributed by atoms with Crippen LogP contribution in [0.3, 0.4) is 0 Å². The largest absolute Gasteiger partial charge is 0.0537 e. The van der Waals surface area contributed by atoms with Crippen molar-refractivity contribution in [1.29, 1.82) is 0 Å². The lowest BCUT2D eigenvalue weighted by atomic mass is 10.0. The van der Waals surface area contributed by atoms with Crippen molar-refractivity contribution in [2.45, 2.75) is 0 Å². The SMILES string of the molecule is Brc1ccc(-c2ccc(-c3ccc(Br)cc3I)cc2)c(I)c1. The van der Waals surface area contributed by atoms with E-state index in [9.17, 15) is 0 Å². The number of rotatable bonds is 2. The quantitative estimate of drug-likeness (QED) is 0.252. The molecule has 0 aliphatic carbocycles. The van der Waals surface area contributed by atoms with Crippen LogP contribution in [0.1, 0.15) is 0 Å². The van der Waals surface area contributed by atoms with Crippen molar-refractivity contribution in [3.8, 4) is 22.3 Å². The Morgan fingerprint density at radius 2 is 0.909 bits per heavy atom. The van der Waals surface area contributed by atoms with Crippen LogP contribution in [0.2, 0.25) is 0 Å². The summed E-state index contributed by atoms with van der Waals surface area (Å²) in [6, 6.07) is 21.5. The van der Waals surface area contributed by atoms with Crippen LogP contribution in [0.15, 0.2) is 69.6 Å². The highest BCUT2D eigenvalue weighted by molar-refractivity contribution is 14.1. The van der Waals surface area contributed by atoms with Gasteiger partial charge in [-0.3, -0.25) is 0 Å². The minimum atomic E-state index is 1.11. The molecule has 0 aliphatic heterocycles. The fourth-order valence-corrected chi connectivity index (χ4v) is 5.51. The summed E-state index contributed by atoms with van der Waals surface area (Å²) in [5.41, 5.74) is 5.02. The van der Waals surface area contributed by atoms with E-state index in [1.807, 2.05) is 0 Å². The summed E-state index contributed by atoms with van der Waals surface area (Å²) in [5.74, 6) is 0. The Kier molecular flexibility index (Phi) is 5.63. The third-order valence-corrected chi connectivity index (χ3v) is 6.14. The van der Waals surface area contributed by atoms with Crippen LogP contribution in [0.25, 0.3) is 22.3 Å². The number of hydrogen-bond donors (Lipinski definition) is 0. The summed E-state index contributed by atoms with van der Waals surface area (Å²) < 4.78 is 4.72. The lowest BCUT2D eigenvalue weighted by molar-refractivity contribution is 1.53. The van der Waals surface area contributed by atoms with Gasteiger partial charge in [0.1, 0.15) is 0 Å². The van der Waals surface area contributed by atoms with E-state index >= 15 is 0 Å². The van der Waals surface area contributed by atoms with Crippen molar-refractivity contribution in [3.63, 3.8) is 0 Å². The topological polar surface area (TPSA) is 0 Å². The Bertz CT molecular complexity index is 756. The lowest BCUT2D eigenvalue weighted by Crippen LogP contribution is -1.86. The summed E-state index contributed by atoms with van der Waals surface area (Å²) in [6.07, 6.45) is 0. The summed E-state index contributed by atoms with van der Waals surface area (Å²) >= 11 is 11.8. The number of benzene rings is 3. The molecule has 0 saturated carbocycles. The van der Waals surface area contributed by atoms with E-state index in [1.165, 1.54) is 29.4 Å². The van der Waals surface area contributed by atoms with Crippen LogP contribution < -0.4 is 0 Å². The molecule has 0 spiro atoms. The van der Waals surface area contributed by atoms with Gasteiger partial charge in [0, 0.05) is 16.1 Å². The standard InChI is InChI=1S/C18H10Br2I2/c19-13-5-7-15(17(21)9-13)11-1-2-12(4-3-11)16-8-6-14(20)10-18(16)22/h1-10H. The van der Waals surface area contributed by atoms with Gasteiger partial charge in [-0.1, -0.05) is 68.3 Å². The fraction of sp³-hybridized carbons (Fsp3) is 0. The molecule has 22 heavy (non-hydrogen) atoms. The molecule has 0 atom stereocenters. The predicted molar refractivity (Wildman–Crippen MR) is 118 cm³/mol. The molecule has 0 unspecified atom stereocenters.